The van der Waals surface area contributed by atoms with Gasteiger partial charge in [0.25, 0.3) is 0 Å². The van der Waals surface area contributed by atoms with Gasteiger partial charge in [0.05, 0.1) is 13.7 Å². The van der Waals surface area contributed by atoms with Crippen LogP contribution in [0, 0.1) is 0 Å². The van der Waals surface area contributed by atoms with E-state index in [4.69, 9.17) is 4.74 Å². The summed E-state index contributed by atoms with van der Waals surface area (Å²) < 4.78 is 5.34. The molecule has 1 atom stereocenters. The van der Waals surface area contributed by atoms with Gasteiger partial charge >= 0.3 is 0 Å². The number of carbonyl (C=O) groups excluding carboxylic acids is 1. The monoisotopic (exact) mass is 422 g/mol. The lowest BCUT2D eigenvalue weighted by Gasteiger charge is -2.40. The average molecular weight is 423 g/mol. The molecule has 2 aliphatic heterocycles. The van der Waals surface area contributed by atoms with Gasteiger partial charge < -0.3 is 14.5 Å². The van der Waals surface area contributed by atoms with E-state index in [0.717, 1.165) is 58.1 Å². The second-order valence-electron chi connectivity index (χ2n) is 8.47. The molecular weight excluding hydrogens is 388 g/mol. The lowest BCUT2D eigenvalue weighted by atomic mass is 10.1. The molecule has 2 aliphatic rings. The van der Waals surface area contributed by atoms with Gasteiger partial charge in [0.2, 0.25) is 5.91 Å². The third-order valence-electron chi connectivity index (χ3n) is 6.65. The number of nitrogens with zero attached hydrogens (tertiary/aromatic N) is 4. The zero-order chi connectivity index (χ0) is 21.6. The van der Waals surface area contributed by atoms with Crippen LogP contribution in [0.3, 0.4) is 0 Å². The number of carbonyl (C=O) groups is 1. The van der Waals surface area contributed by atoms with Gasteiger partial charge in [-0.2, -0.15) is 0 Å². The van der Waals surface area contributed by atoms with Crippen LogP contribution in [-0.2, 0) is 4.79 Å². The highest BCUT2D eigenvalue weighted by molar-refractivity contribution is 5.78. The maximum atomic E-state index is 12.9. The second kappa shape index (κ2) is 10.2. The Hall–Kier alpha value is -2.57. The standard InChI is InChI=1S/C25H34N4O2/c1-21(22-7-4-3-5-8-22)27-15-17-29(18-16-27)25(30)20-26-11-13-28(14-12-26)23-9-6-10-24(19-23)31-2/h3-10,19,21H,11-18,20H2,1-2H3/t21-/m0/s1. The van der Waals surface area contributed by atoms with Crippen molar-refractivity contribution in [2.24, 2.45) is 0 Å². The summed E-state index contributed by atoms with van der Waals surface area (Å²) in [5.41, 5.74) is 2.53. The number of rotatable bonds is 6. The minimum Gasteiger partial charge on any atom is -0.497 e. The summed E-state index contributed by atoms with van der Waals surface area (Å²) in [5, 5.41) is 0. The van der Waals surface area contributed by atoms with Crippen LogP contribution in [-0.4, -0.2) is 86.6 Å². The molecule has 0 spiro atoms. The van der Waals surface area contributed by atoms with Gasteiger partial charge in [-0.1, -0.05) is 36.4 Å². The second-order valence-corrected chi connectivity index (χ2v) is 8.47. The number of methoxy groups -OCH3 is 1. The minimum absolute atomic E-state index is 0.266. The number of anilines is 1. The van der Waals surface area contributed by atoms with E-state index < -0.39 is 0 Å². The van der Waals surface area contributed by atoms with Crippen LogP contribution in [0.5, 0.6) is 5.75 Å². The average Bonchev–Trinajstić information content (AvgIpc) is 2.84. The first kappa shape index (κ1) is 21.7. The Kier molecular flexibility index (Phi) is 7.10. The van der Waals surface area contributed by atoms with E-state index in [0.29, 0.717) is 12.6 Å². The van der Waals surface area contributed by atoms with Crippen LogP contribution < -0.4 is 9.64 Å². The van der Waals surface area contributed by atoms with Crippen molar-refractivity contribution < 1.29 is 9.53 Å². The summed E-state index contributed by atoms with van der Waals surface area (Å²) >= 11 is 0. The molecule has 2 fully saturated rings. The predicted octanol–water partition coefficient (Wildman–Crippen LogP) is 2.72. The summed E-state index contributed by atoms with van der Waals surface area (Å²) in [4.78, 5) is 22.1. The van der Waals surface area contributed by atoms with Crippen molar-refractivity contribution in [1.82, 2.24) is 14.7 Å². The van der Waals surface area contributed by atoms with Crippen LogP contribution in [0.25, 0.3) is 0 Å². The number of hydrogen-bond donors (Lipinski definition) is 0. The maximum Gasteiger partial charge on any atom is 0.236 e. The lowest BCUT2D eigenvalue weighted by molar-refractivity contribution is -0.134. The predicted molar refractivity (Wildman–Crippen MR) is 125 cm³/mol. The van der Waals surface area contributed by atoms with Gasteiger partial charge in [0.1, 0.15) is 5.75 Å². The maximum absolute atomic E-state index is 12.9. The summed E-state index contributed by atoms with van der Waals surface area (Å²) in [5.74, 6) is 1.15. The number of ether oxygens (including phenoxy) is 1. The first-order valence-corrected chi connectivity index (χ1v) is 11.3. The zero-order valence-corrected chi connectivity index (χ0v) is 18.7. The van der Waals surface area contributed by atoms with E-state index in [2.05, 4.69) is 64.1 Å². The minimum atomic E-state index is 0.266. The zero-order valence-electron chi connectivity index (χ0n) is 18.7. The molecule has 0 unspecified atom stereocenters. The molecular formula is C25H34N4O2. The third kappa shape index (κ3) is 5.38. The molecule has 31 heavy (non-hydrogen) atoms. The van der Waals surface area contributed by atoms with Gasteiger partial charge in [-0.3, -0.25) is 14.6 Å². The summed E-state index contributed by atoms with van der Waals surface area (Å²) in [7, 11) is 1.70. The van der Waals surface area contributed by atoms with Gasteiger partial charge in [-0.25, -0.2) is 0 Å². The third-order valence-corrected chi connectivity index (χ3v) is 6.65. The van der Waals surface area contributed by atoms with Crippen LogP contribution in [0.15, 0.2) is 54.6 Å². The molecule has 166 valence electrons. The van der Waals surface area contributed by atoms with E-state index in [1.165, 1.54) is 11.3 Å². The van der Waals surface area contributed by atoms with Crippen LogP contribution >= 0.6 is 0 Å². The Labute approximate surface area is 186 Å². The van der Waals surface area contributed by atoms with Crippen molar-refractivity contribution in [3.05, 3.63) is 60.2 Å². The first-order chi connectivity index (χ1) is 15.1. The fraction of sp³-hybridized carbons (Fsp3) is 0.480. The van der Waals surface area contributed by atoms with Crippen molar-refractivity contribution in [2.45, 2.75) is 13.0 Å². The molecule has 0 N–H and O–H groups in total. The highest BCUT2D eigenvalue weighted by Gasteiger charge is 2.27. The lowest BCUT2D eigenvalue weighted by Crippen LogP contribution is -2.54. The molecule has 2 aromatic carbocycles. The van der Waals surface area contributed by atoms with E-state index in [1.807, 2.05) is 17.0 Å². The summed E-state index contributed by atoms with van der Waals surface area (Å²) in [6.07, 6.45) is 0. The van der Waals surface area contributed by atoms with Crippen LogP contribution in [0.2, 0.25) is 0 Å². The van der Waals surface area contributed by atoms with Crippen molar-refractivity contribution >= 4 is 11.6 Å². The first-order valence-electron chi connectivity index (χ1n) is 11.3. The molecule has 2 heterocycles. The largest absolute Gasteiger partial charge is 0.497 e. The van der Waals surface area contributed by atoms with Crippen molar-refractivity contribution in [3.8, 4) is 5.75 Å². The Morgan fingerprint density at radius 2 is 1.61 bits per heavy atom. The quantitative estimate of drug-likeness (QED) is 0.716. The smallest absolute Gasteiger partial charge is 0.236 e. The molecule has 6 nitrogen and oxygen atoms in total. The Morgan fingerprint density at radius 1 is 0.903 bits per heavy atom. The summed E-state index contributed by atoms with van der Waals surface area (Å²) in [6, 6.07) is 19.2. The SMILES string of the molecule is COc1cccc(N2CCN(CC(=O)N3CCN([C@@H](C)c4ccccc4)CC3)CC2)c1. The fourth-order valence-corrected chi connectivity index (χ4v) is 4.56. The summed E-state index contributed by atoms with van der Waals surface area (Å²) in [6.45, 7) is 9.98. The van der Waals surface area contributed by atoms with Gasteiger partial charge in [0, 0.05) is 70.2 Å². The molecule has 0 aromatic heterocycles. The number of hydrogen-bond acceptors (Lipinski definition) is 5. The highest BCUT2D eigenvalue weighted by atomic mass is 16.5. The van der Waals surface area contributed by atoms with Crippen molar-refractivity contribution in [3.63, 3.8) is 0 Å². The van der Waals surface area contributed by atoms with Gasteiger partial charge in [0.15, 0.2) is 0 Å². The molecule has 4 rings (SSSR count). The Morgan fingerprint density at radius 3 is 2.29 bits per heavy atom. The number of piperazine rings is 2. The molecule has 6 heteroatoms. The molecule has 0 aliphatic carbocycles. The molecule has 2 aromatic rings. The molecule has 0 radical (unpaired) electrons. The number of benzene rings is 2. The molecule has 0 saturated carbocycles. The Balaban J connectivity index is 1.22. The van der Waals surface area contributed by atoms with E-state index in [-0.39, 0.29) is 5.91 Å². The normalized spacial score (nSPS) is 19.3. The van der Waals surface area contributed by atoms with Crippen molar-refractivity contribution in [2.75, 3.05) is 70.9 Å². The van der Waals surface area contributed by atoms with Crippen molar-refractivity contribution in [1.29, 1.82) is 0 Å². The fourth-order valence-electron chi connectivity index (χ4n) is 4.56. The highest BCUT2D eigenvalue weighted by Crippen LogP contribution is 2.23. The van der Waals surface area contributed by atoms with Crippen LogP contribution in [0.1, 0.15) is 18.5 Å². The van der Waals surface area contributed by atoms with Gasteiger partial charge in [-0.15, -0.1) is 0 Å². The van der Waals surface area contributed by atoms with Gasteiger partial charge in [-0.05, 0) is 24.6 Å². The Bertz CT molecular complexity index is 844. The van der Waals surface area contributed by atoms with E-state index >= 15 is 0 Å². The number of amides is 1. The van der Waals surface area contributed by atoms with Crippen LogP contribution in [0.4, 0.5) is 5.69 Å². The topological polar surface area (TPSA) is 39.3 Å². The van der Waals surface area contributed by atoms with E-state index in [1.54, 1.807) is 7.11 Å². The molecule has 1 amide bonds. The molecule has 2 saturated heterocycles. The molecule has 0 bridgehead atoms. The van der Waals surface area contributed by atoms with E-state index in [9.17, 15) is 4.79 Å².